The number of carbonyl (C=O) groups is 2. The summed E-state index contributed by atoms with van der Waals surface area (Å²) in [5.74, 6) is -4.03. The van der Waals surface area contributed by atoms with E-state index in [4.69, 9.17) is 4.74 Å². The van der Waals surface area contributed by atoms with Gasteiger partial charge in [-0.05, 0) is 72.1 Å². The molecule has 37 heavy (non-hydrogen) atoms. The second kappa shape index (κ2) is 9.93. The van der Waals surface area contributed by atoms with Crippen molar-refractivity contribution < 1.29 is 37.0 Å². The molecule has 0 radical (unpaired) electrons. The number of methoxy groups -OCH3 is 1. The minimum absolute atomic E-state index is 0.110. The number of aromatic carboxylic acids is 1. The predicted molar refractivity (Wildman–Crippen MR) is 128 cm³/mol. The van der Waals surface area contributed by atoms with Crippen LogP contribution in [0.5, 0.6) is 5.75 Å². The largest absolute Gasteiger partial charge is 0.496 e. The maximum atomic E-state index is 14.8. The highest BCUT2D eigenvalue weighted by Crippen LogP contribution is 2.38. The summed E-state index contributed by atoms with van der Waals surface area (Å²) in [7, 11) is 1.39. The average molecular weight is 511 g/mol. The second-order valence-electron chi connectivity index (χ2n) is 8.41. The Morgan fingerprint density at radius 2 is 1.65 bits per heavy atom. The standard InChI is InChI=1S/C28H21F4NO4/c1-15-5-6-16(12-20(15)27(35)36)17-7-10-24(37-2)21(13-17)25(23-4-3-11-33-23)26(34)19-9-8-18(14-22(19)29)28(30,31)32/h3-14,25,33H,1-2H3,(H,35,36). The molecule has 0 aliphatic carbocycles. The lowest BCUT2D eigenvalue weighted by molar-refractivity contribution is -0.137. The number of hydrogen-bond acceptors (Lipinski definition) is 3. The normalized spacial score (nSPS) is 12.3. The lowest BCUT2D eigenvalue weighted by atomic mass is 9.85. The van der Waals surface area contributed by atoms with Crippen LogP contribution in [-0.2, 0) is 6.18 Å². The molecule has 3 aromatic carbocycles. The molecule has 0 fully saturated rings. The van der Waals surface area contributed by atoms with E-state index in [0.29, 0.717) is 40.1 Å². The van der Waals surface area contributed by atoms with Gasteiger partial charge >= 0.3 is 12.1 Å². The lowest BCUT2D eigenvalue weighted by Crippen LogP contribution is -2.18. The number of carboxylic acid groups (broad SMARTS) is 1. The van der Waals surface area contributed by atoms with Crippen LogP contribution in [0.3, 0.4) is 0 Å². The number of H-pyrrole nitrogens is 1. The molecule has 5 nitrogen and oxygen atoms in total. The number of carbonyl (C=O) groups excluding carboxylic acids is 1. The third kappa shape index (κ3) is 5.11. The third-order valence-corrected chi connectivity index (χ3v) is 6.10. The Labute approximate surface area is 209 Å². The molecule has 0 aliphatic heterocycles. The van der Waals surface area contributed by atoms with Crippen molar-refractivity contribution in [1.82, 2.24) is 4.98 Å². The van der Waals surface area contributed by atoms with Gasteiger partial charge in [0.2, 0.25) is 0 Å². The van der Waals surface area contributed by atoms with Gasteiger partial charge in [-0.2, -0.15) is 13.2 Å². The van der Waals surface area contributed by atoms with Gasteiger partial charge in [0.1, 0.15) is 11.6 Å². The summed E-state index contributed by atoms with van der Waals surface area (Å²) in [5.41, 5.74) is 0.788. The maximum Gasteiger partial charge on any atom is 0.416 e. The topological polar surface area (TPSA) is 79.4 Å². The monoisotopic (exact) mass is 511 g/mol. The van der Waals surface area contributed by atoms with Gasteiger partial charge in [-0.3, -0.25) is 4.79 Å². The molecule has 1 aromatic heterocycles. The van der Waals surface area contributed by atoms with E-state index in [1.165, 1.54) is 13.2 Å². The van der Waals surface area contributed by atoms with E-state index in [1.807, 2.05) is 0 Å². The highest BCUT2D eigenvalue weighted by molar-refractivity contribution is 6.03. The molecule has 0 spiro atoms. The zero-order valence-corrected chi connectivity index (χ0v) is 19.7. The van der Waals surface area contributed by atoms with E-state index in [9.17, 15) is 32.3 Å². The number of benzene rings is 3. The van der Waals surface area contributed by atoms with Crippen LogP contribution in [0, 0.1) is 12.7 Å². The quantitative estimate of drug-likeness (QED) is 0.210. The number of halogens is 4. The van der Waals surface area contributed by atoms with E-state index in [-0.39, 0.29) is 11.3 Å². The number of nitrogens with one attached hydrogen (secondary N) is 1. The van der Waals surface area contributed by atoms with Crippen molar-refractivity contribution in [2.24, 2.45) is 0 Å². The van der Waals surface area contributed by atoms with E-state index in [1.54, 1.807) is 55.6 Å². The number of Topliss-reactive ketones (excluding diaryl/α,β-unsaturated/α-hetero) is 1. The van der Waals surface area contributed by atoms with Gasteiger partial charge in [-0.25, -0.2) is 9.18 Å². The molecule has 4 aromatic rings. The van der Waals surface area contributed by atoms with Gasteiger partial charge < -0.3 is 14.8 Å². The summed E-state index contributed by atoms with van der Waals surface area (Å²) in [6.45, 7) is 1.67. The summed E-state index contributed by atoms with van der Waals surface area (Å²) in [6.07, 6.45) is -3.20. The van der Waals surface area contributed by atoms with Crippen LogP contribution in [0.4, 0.5) is 17.6 Å². The van der Waals surface area contributed by atoms with Gasteiger partial charge in [0.25, 0.3) is 0 Å². The van der Waals surface area contributed by atoms with Crippen LogP contribution in [-0.4, -0.2) is 29.0 Å². The SMILES string of the molecule is COc1ccc(-c2ccc(C)c(C(=O)O)c2)cc1C(C(=O)c1ccc(C(F)(F)F)cc1F)c1ccc[nH]1. The number of ketones is 1. The highest BCUT2D eigenvalue weighted by Gasteiger charge is 2.34. The molecule has 4 rings (SSSR count). The molecule has 0 amide bonds. The molecule has 1 heterocycles. The lowest BCUT2D eigenvalue weighted by Gasteiger charge is -2.20. The number of ether oxygens (including phenoxy) is 1. The number of aryl methyl sites for hydroxylation is 1. The van der Waals surface area contributed by atoms with Crippen molar-refractivity contribution >= 4 is 11.8 Å². The van der Waals surface area contributed by atoms with E-state index < -0.39 is 40.8 Å². The van der Waals surface area contributed by atoms with Crippen LogP contribution in [0.15, 0.2) is 72.9 Å². The molecule has 1 unspecified atom stereocenters. The molecule has 0 saturated heterocycles. The smallest absolute Gasteiger partial charge is 0.416 e. The molecule has 9 heteroatoms. The van der Waals surface area contributed by atoms with Crippen LogP contribution >= 0.6 is 0 Å². The van der Waals surface area contributed by atoms with Crippen LogP contribution in [0.25, 0.3) is 11.1 Å². The van der Waals surface area contributed by atoms with Crippen molar-refractivity contribution in [3.63, 3.8) is 0 Å². The van der Waals surface area contributed by atoms with Crippen molar-refractivity contribution in [2.45, 2.75) is 19.0 Å². The highest BCUT2D eigenvalue weighted by atomic mass is 19.4. The van der Waals surface area contributed by atoms with Gasteiger partial charge in [-0.15, -0.1) is 0 Å². The predicted octanol–water partition coefficient (Wildman–Crippen LogP) is 6.87. The number of rotatable bonds is 7. The molecule has 0 bridgehead atoms. The third-order valence-electron chi connectivity index (χ3n) is 6.10. The molecule has 0 aliphatic rings. The Bertz CT molecular complexity index is 1480. The molecular weight excluding hydrogens is 490 g/mol. The minimum Gasteiger partial charge on any atom is -0.496 e. The Morgan fingerprint density at radius 3 is 2.24 bits per heavy atom. The fourth-order valence-electron chi connectivity index (χ4n) is 4.19. The number of alkyl halides is 3. The van der Waals surface area contributed by atoms with Gasteiger partial charge in [0.05, 0.1) is 29.7 Å². The zero-order chi connectivity index (χ0) is 26.9. The van der Waals surface area contributed by atoms with E-state index >= 15 is 0 Å². The first kappa shape index (κ1) is 25.7. The number of carboxylic acids is 1. The fraction of sp³-hybridized carbons (Fsp3) is 0.143. The van der Waals surface area contributed by atoms with E-state index in [2.05, 4.69) is 4.98 Å². The van der Waals surface area contributed by atoms with Crippen LogP contribution < -0.4 is 4.74 Å². The Hall–Kier alpha value is -4.40. The molecule has 190 valence electrons. The zero-order valence-electron chi connectivity index (χ0n) is 19.7. The summed E-state index contributed by atoms with van der Waals surface area (Å²) < 4.78 is 59.4. The summed E-state index contributed by atoms with van der Waals surface area (Å²) in [5, 5.41) is 9.51. The first-order chi connectivity index (χ1) is 17.5. The second-order valence-corrected chi connectivity index (χ2v) is 8.41. The number of aromatic amines is 1. The van der Waals surface area contributed by atoms with Crippen LogP contribution in [0.2, 0.25) is 0 Å². The Morgan fingerprint density at radius 1 is 0.946 bits per heavy atom. The minimum atomic E-state index is -4.76. The van der Waals surface area contributed by atoms with Crippen LogP contribution in [0.1, 0.15) is 49.0 Å². The van der Waals surface area contributed by atoms with Gasteiger partial charge in [0, 0.05) is 17.5 Å². The summed E-state index contributed by atoms with van der Waals surface area (Å²) in [6, 6.07) is 14.8. The summed E-state index contributed by atoms with van der Waals surface area (Å²) in [4.78, 5) is 28.2. The van der Waals surface area contributed by atoms with Crippen molar-refractivity contribution in [3.05, 3.63) is 112 Å². The maximum absolute atomic E-state index is 14.8. The average Bonchev–Trinajstić information content (AvgIpc) is 3.38. The Balaban J connectivity index is 1.87. The van der Waals surface area contributed by atoms with Crippen molar-refractivity contribution in [3.8, 4) is 16.9 Å². The van der Waals surface area contributed by atoms with Crippen molar-refractivity contribution in [2.75, 3.05) is 7.11 Å². The number of aromatic nitrogens is 1. The molecular formula is C28H21F4NO4. The van der Waals surface area contributed by atoms with Gasteiger partial charge in [0.15, 0.2) is 5.78 Å². The summed E-state index contributed by atoms with van der Waals surface area (Å²) >= 11 is 0. The molecule has 1 atom stereocenters. The first-order valence-electron chi connectivity index (χ1n) is 11.1. The van der Waals surface area contributed by atoms with E-state index in [0.717, 1.165) is 6.07 Å². The molecule has 0 saturated carbocycles. The molecule has 2 N–H and O–H groups in total. The van der Waals surface area contributed by atoms with Crippen molar-refractivity contribution in [1.29, 1.82) is 0 Å². The van der Waals surface area contributed by atoms with Gasteiger partial charge in [-0.1, -0.05) is 18.2 Å². The fourth-order valence-corrected chi connectivity index (χ4v) is 4.19. The first-order valence-corrected chi connectivity index (χ1v) is 11.1. The Kier molecular flexibility index (Phi) is 6.89. The number of hydrogen-bond donors (Lipinski definition) is 2.